The Morgan fingerprint density at radius 1 is 0.583 bits per heavy atom. The Labute approximate surface area is 214 Å². The van der Waals surface area contributed by atoms with E-state index < -0.39 is 76.2 Å². The predicted octanol–water partition coefficient (Wildman–Crippen LogP) is 3.13. The van der Waals surface area contributed by atoms with Crippen LogP contribution in [-0.2, 0) is 42.9 Å². The van der Waals surface area contributed by atoms with Crippen molar-refractivity contribution in [3.8, 4) is 0 Å². The third kappa shape index (κ3) is 8.73. The zero-order valence-corrected chi connectivity index (χ0v) is 23.8. The summed E-state index contributed by atoms with van der Waals surface area (Å²) in [6.07, 6.45) is -6.20. The van der Waals surface area contributed by atoms with Gasteiger partial charge in [-0.15, -0.1) is 0 Å². The van der Waals surface area contributed by atoms with Crippen LogP contribution in [0.1, 0.15) is 83.1 Å². The number of carbonyl (C=O) groups is 4. The molecule has 0 saturated carbocycles. The molecule has 1 aliphatic heterocycles. The molecule has 0 aliphatic carbocycles. The summed E-state index contributed by atoms with van der Waals surface area (Å²) in [4.78, 5) is 51.0. The summed E-state index contributed by atoms with van der Waals surface area (Å²) in [6, 6.07) is 0. The number of nitrogens with two attached hydrogens (primary N) is 1. The maximum absolute atomic E-state index is 12.9. The molecule has 0 aromatic carbocycles. The number of carbonyl (C=O) groups excluding carboxylic acids is 4. The van der Waals surface area contributed by atoms with Crippen molar-refractivity contribution in [3.05, 3.63) is 0 Å². The zero-order valence-electron chi connectivity index (χ0n) is 23.8. The first kappa shape index (κ1) is 31.8. The van der Waals surface area contributed by atoms with Gasteiger partial charge in [-0.3, -0.25) is 19.2 Å². The van der Waals surface area contributed by atoms with Crippen molar-refractivity contribution in [1.29, 1.82) is 0 Å². The van der Waals surface area contributed by atoms with Gasteiger partial charge in [0.1, 0.15) is 18.9 Å². The van der Waals surface area contributed by atoms with Crippen LogP contribution >= 0.6 is 0 Å². The Hall–Kier alpha value is -2.20. The van der Waals surface area contributed by atoms with Gasteiger partial charge in [0.25, 0.3) is 0 Å². The van der Waals surface area contributed by atoms with Crippen LogP contribution in [0.2, 0.25) is 0 Å². The van der Waals surface area contributed by atoms with Crippen molar-refractivity contribution < 1.29 is 42.9 Å². The smallest absolute Gasteiger partial charge is 0.311 e. The molecule has 0 amide bonds. The van der Waals surface area contributed by atoms with Crippen molar-refractivity contribution in [2.75, 3.05) is 6.61 Å². The lowest BCUT2D eigenvalue weighted by Crippen LogP contribution is -2.65. The molecule has 0 aromatic rings. The van der Waals surface area contributed by atoms with E-state index in [2.05, 4.69) is 0 Å². The highest BCUT2D eigenvalue weighted by atomic mass is 16.7. The monoisotopic (exact) mass is 515 g/mol. The van der Waals surface area contributed by atoms with Gasteiger partial charge in [0, 0.05) is 0 Å². The molecule has 36 heavy (non-hydrogen) atoms. The predicted molar refractivity (Wildman–Crippen MR) is 131 cm³/mol. The highest BCUT2D eigenvalue weighted by molar-refractivity contribution is 5.78. The summed E-state index contributed by atoms with van der Waals surface area (Å²) in [7, 11) is 0. The fraction of sp³-hybridized carbons (Fsp3) is 0.846. The Balaban J connectivity index is 3.50. The van der Waals surface area contributed by atoms with Gasteiger partial charge in [0.2, 0.25) is 0 Å². The molecule has 0 aromatic heterocycles. The molecule has 1 fully saturated rings. The Kier molecular flexibility index (Phi) is 9.77. The molecule has 0 bridgehead atoms. The van der Waals surface area contributed by atoms with E-state index in [0.717, 1.165) is 0 Å². The topological polar surface area (TPSA) is 140 Å². The molecule has 208 valence electrons. The second-order valence-corrected chi connectivity index (χ2v) is 13.3. The molecular weight excluding hydrogens is 470 g/mol. The molecule has 1 aliphatic rings. The largest absolute Gasteiger partial charge is 0.462 e. The molecule has 1 saturated heterocycles. The second kappa shape index (κ2) is 11.0. The summed E-state index contributed by atoms with van der Waals surface area (Å²) in [5.41, 5.74) is 2.71. The first-order chi connectivity index (χ1) is 16.0. The Morgan fingerprint density at radius 3 is 1.28 bits per heavy atom. The molecular formula is C26H45NO9. The number of hydrogen-bond donors (Lipinski definition) is 1. The van der Waals surface area contributed by atoms with Gasteiger partial charge >= 0.3 is 23.9 Å². The van der Waals surface area contributed by atoms with Crippen LogP contribution in [0, 0.1) is 21.7 Å². The molecule has 1 rings (SSSR count). The minimum Gasteiger partial charge on any atom is -0.462 e. The van der Waals surface area contributed by atoms with E-state index in [1.807, 2.05) is 0 Å². The van der Waals surface area contributed by atoms with Gasteiger partial charge in [-0.1, -0.05) is 0 Å². The van der Waals surface area contributed by atoms with Crippen LogP contribution in [0.4, 0.5) is 0 Å². The van der Waals surface area contributed by atoms with Crippen molar-refractivity contribution >= 4 is 23.9 Å². The normalized spacial score (nSPS) is 25.5. The summed E-state index contributed by atoms with van der Waals surface area (Å²) in [6.45, 7) is 19.7. The minimum absolute atomic E-state index is 0.324. The van der Waals surface area contributed by atoms with E-state index in [1.54, 1.807) is 83.1 Å². The molecule has 2 N–H and O–H groups in total. The number of ether oxygens (including phenoxy) is 5. The number of hydrogen-bond acceptors (Lipinski definition) is 10. The molecule has 10 nitrogen and oxygen atoms in total. The quantitative estimate of drug-likeness (QED) is 0.429. The van der Waals surface area contributed by atoms with E-state index in [-0.39, 0.29) is 6.61 Å². The van der Waals surface area contributed by atoms with E-state index >= 15 is 0 Å². The zero-order chi connectivity index (χ0) is 28.4. The number of esters is 4. The van der Waals surface area contributed by atoms with Crippen LogP contribution in [0.15, 0.2) is 0 Å². The lowest BCUT2D eigenvalue weighted by molar-refractivity contribution is -0.259. The maximum Gasteiger partial charge on any atom is 0.311 e. The number of rotatable bonds is 5. The van der Waals surface area contributed by atoms with Crippen LogP contribution in [0.25, 0.3) is 0 Å². The summed E-state index contributed by atoms with van der Waals surface area (Å²) in [5.74, 6) is -2.36. The van der Waals surface area contributed by atoms with E-state index in [1.165, 1.54) is 0 Å². The molecule has 10 heteroatoms. The Bertz CT molecular complexity index is 824. The molecule has 1 heterocycles. The lowest BCUT2D eigenvalue weighted by Gasteiger charge is -2.45. The summed E-state index contributed by atoms with van der Waals surface area (Å²) < 4.78 is 28.5. The fourth-order valence-electron chi connectivity index (χ4n) is 2.76. The third-order valence-corrected chi connectivity index (χ3v) is 5.23. The van der Waals surface area contributed by atoms with E-state index in [9.17, 15) is 19.2 Å². The SMILES string of the molecule is CC(C)(C)C(=O)OC[C@@H]1O[C@H](N)[C@H](OC(=O)C(C)(C)C)[C@H](OC(=O)C(C)(C)C)[C@H]1OC(=O)C(C)(C)C. The van der Waals surface area contributed by atoms with Gasteiger partial charge in [-0.2, -0.15) is 0 Å². The van der Waals surface area contributed by atoms with Gasteiger partial charge in [0.05, 0.1) is 21.7 Å². The van der Waals surface area contributed by atoms with E-state index in [0.29, 0.717) is 0 Å². The first-order valence-corrected chi connectivity index (χ1v) is 12.2. The van der Waals surface area contributed by atoms with Crippen molar-refractivity contribution in [2.24, 2.45) is 27.4 Å². The Morgan fingerprint density at radius 2 is 0.917 bits per heavy atom. The van der Waals surface area contributed by atoms with Crippen molar-refractivity contribution in [2.45, 2.75) is 114 Å². The molecule has 0 radical (unpaired) electrons. The van der Waals surface area contributed by atoms with Gasteiger partial charge in [0.15, 0.2) is 18.3 Å². The standard InChI is InChI=1S/C26H45NO9/c1-23(2,3)19(28)32-13-14-15(34-20(29)24(4,5)6)16(35-21(30)25(7,8)9)17(18(27)33-14)36-22(31)26(10,11)12/h14-18H,13,27H2,1-12H3/t14-,15-,16+,17+,18-/m0/s1. The van der Waals surface area contributed by atoms with Gasteiger partial charge in [-0.05, 0) is 83.1 Å². The molecule has 5 atom stereocenters. The van der Waals surface area contributed by atoms with Crippen LogP contribution in [0.3, 0.4) is 0 Å². The average Bonchev–Trinajstić information content (AvgIpc) is 2.67. The minimum atomic E-state index is -1.31. The van der Waals surface area contributed by atoms with Crippen molar-refractivity contribution in [3.63, 3.8) is 0 Å². The van der Waals surface area contributed by atoms with Gasteiger partial charge < -0.3 is 29.4 Å². The highest BCUT2D eigenvalue weighted by Gasteiger charge is 2.53. The highest BCUT2D eigenvalue weighted by Crippen LogP contribution is 2.32. The van der Waals surface area contributed by atoms with Crippen LogP contribution in [-0.4, -0.2) is 61.1 Å². The van der Waals surface area contributed by atoms with Gasteiger partial charge in [-0.25, -0.2) is 0 Å². The second-order valence-electron chi connectivity index (χ2n) is 13.3. The van der Waals surface area contributed by atoms with Crippen LogP contribution < -0.4 is 5.73 Å². The first-order valence-electron chi connectivity index (χ1n) is 12.2. The third-order valence-electron chi connectivity index (χ3n) is 5.23. The molecule has 0 unspecified atom stereocenters. The average molecular weight is 516 g/mol. The van der Waals surface area contributed by atoms with Crippen LogP contribution in [0.5, 0.6) is 0 Å². The maximum atomic E-state index is 12.9. The summed E-state index contributed by atoms with van der Waals surface area (Å²) >= 11 is 0. The molecule has 0 spiro atoms. The fourth-order valence-corrected chi connectivity index (χ4v) is 2.76. The lowest BCUT2D eigenvalue weighted by atomic mass is 9.92. The van der Waals surface area contributed by atoms with Crippen molar-refractivity contribution in [1.82, 2.24) is 0 Å². The summed E-state index contributed by atoms with van der Waals surface area (Å²) in [5, 5.41) is 0. The van der Waals surface area contributed by atoms with E-state index in [4.69, 9.17) is 29.4 Å².